The van der Waals surface area contributed by atoms with Crippen molar-refractivity contribution in [2.75, 3.05) is 13.7 Å². The first-order chi connectivity index (χ1) is 8.40. The van der Waals surface area contributed by atoms with E-state index in [2.05, 4.69) is 21.2 Å². The minimum atomic E-state index is 0.665. The van der Waals surface area contributed by atoms with Crippen molar-refractivity contribution in [2.24, 2.45) is 0 Å². The molecule has 0 aliphatic carbocycles. The summed E-state index contributed by atoms with van der Waals surface area (Å²) in [4.78, 5) is 4.08. The van der Waals surface area contributed by atoms with E-state index < -0.39 is 0 Å². The van der Waals surface area contributed by atoms with Crippen LogP contribution in [0.25, 0.3) is 0 Å². The van der Waals surface area contributed by atoms with Gasteiger partial charge in [0.15, 0.2) is 5.16 Å². The van der Waals surface area contributed by atoms with E-state index >= 15 is 0 Å². The van der Waals surface area contributed by atoms with Crippen molar-refractivity contribution < 1.29 is 4.74 Å². The minimum absolute atomic E-state index is 0.665. The fraction of sp³-hybridized carbons (Fsp3) is 0.364. The summed E-state index contributed by atoms with van der Waals surface area (Å²) in [5.41, 5.74) is 1.18. The number of hydrogen-bond donors (Lipinski definition) is 0. The molecule has 2 aromatic rings. The zero-order valence-corrected chi connectivity index (χ0v) is 10.4. The summed E-state index contributed by atoms with van der Waals surface area (Å²) in [6.07, 6.45) is 5.36. The maximum atomic E-state index is 5.04. The molecule has 0 aliphatic heterocycles. The molecule has 0 aliphatic rings. The molecule has 6 heteroatoms. The van der Waals surface area contributed by atoms with Crippen LogP contribution in [-0.4, -0.2) is 33.5 Å². The topological polar surface area (TPSA) is 52.8 Å². The van der Waals surface area contributed by atoms with E-state index in [0.29, 0.717) is 6.61 Å². The zero-order chi connectivity index (χ0) is 11.9. The van der Waals surface area contributed by atoms with Gasteiger partial charge in [-0.1, -0.05) is 17.8 Å². The Kier molecular flexibility index (Phi) is 4.52. The molecule has 17 heavy (non-hydrogen) atoms. The van der Waals surface area contributed by atoms with Gasteiger partial charge in [0.25, 0.3) is 0 Å². The maximum absolute atomic E-state index is 5.04. The quantitative estimate of drug-likeness (QED) is 0.729. The lowest BCUT2D eigenvalue weighted by molar-refractivity contribution is 0.184. The van der Waals surface area contributed by atoms with Crippen LogP contribution in [0, 0.1) is 0 Å². The molecular weight excluding hydrogens is 236 g/mol. The van der Waals surface area contributed by atoms with Gasteiger partial charge in [-0.25, -0.2) is 0 Å². The van der Waals surface area contributed by atoms with Gasteiger partial charge < -0.3 is 9.30 Å². The standard InChI is InChI=1S/C11H14N4OS/c1-16-6-5-15-9-13-14-11(15)17-8-10-3-2-4-12-7-10/h2-4,7,9H,5-6,8H2,1H3. The van der Waals surface area contributed by atoms with Gasteiger partial charge in [0.2, 0.25) is 0 Å². The molecule has 0 radical (unpaired) electrons. The predicted octanol–water partition coefficient (Wildman–Crippen LogP) is 1.61. The Labute approximate surface area is 104 Å². The first-order valence-electron chi connectivity index (χ1n) is 5.28. The molecule has 0 atom stereocenters. The molecule has 0 N–H and O–H groups in total. The number of aromatic nitrogens is 4. The van der Waals surface area contributed by atoms with Crippen LogP contribution in [-0.2, 0) is 17.0 Å². The monoisotopic (exact) mass is 250 g/mol. The molecule has 2 rings (SSSR count). The molecular formula is C11H14N4OS. The second kappa shape index (κ2) is 6.36. The van der Waals surface area contributed by atoms with Crippen molar-refractivity contribution in [3.8, 4) is 0 Å². The van der Waals surface area contributed by atoms with E-state index in [1.807, 2.05) is 16.8 Å². The second-order valence-electron chi connectivity index (χ2n) is 3.45. The summed E-state index contributed by atoms with van der Waals surface area (Å²) < 4.78 is 7.03. The summed E-state index contributed by atoms with van der Waals surface area (Å²) in [5, 5.41) is 8.90. The van der Waals surface area contributed by atoms with Crippen LogP contribution in [0.4, 0.5) is 0 Å². The van der Waals surface area contributed by atoms with Gasteiger partial charge in [0.05, 0.1) is 6.61 Å². The highest BCUT2D eigenvalue weighted by atomic mass is 32.2. The lowest BCUT2D eigenvalue weighted by atomic mass is 10.3. The van der Waals surface area contributed by atoms with E-state index in [1.165, 1.54) is 5.56 Å². The van der Waals surface area contributed by atoms with E-state index in [0.717, 1.165) is 17.5 Å². The molecule has 0 bridgehead atoms. The number of thioether (sulfide) groups is 1. The molecule has 0 aromatic carbocycles. The van der Waals surface area contributed by atoms with Gasteiger partial charge >= 0.3 is 0 Å². The predicted molar refractivity (Wildman–Crippen MR) is 65.7 cm³/mol. The van der Waals surface area contributed by atoms with Gasteiger partial charge in [-0.2, -0.15) is 0 Å². The summed E-state index contributed by atoms with van der Waals surface area (Å²) in [6, 6.07) is 3.99. The van der Waals surface area contributed by atoms with Crippen LogP contribution >= 0.6 is 11.8 Å². The third-order valence-electron chi connectivity index (χ3n) is 2.21. The number of rotatable bonds is 6. The highest BCUT2D eigenvalue weighted by Crippen LogP contribution is 2.19. The third-order valence-corrected chi connectivity index (χ3v) is 3.26. The van der Waals surface area contributed by atoms with Crippen LogP contribution in [0.5, 0.6) is 0 Å². The van der Waals surface area contributed by atoms with Crippen molar-refractivity contribution in [1.29, 1.82) is 0 Å². The van der Waals surface area contributed by atoms with E-state index in [-0.39, 0.29) is 0 Å². The molecule has 90 valence electrons. The summed E-state index contributed by atoms with van der Waals surface area (Å²) >= 11 is 1.65. The lowest BCUT2D eigenvalue weighted by Crippen LogP contribution is -2.04. The van der Waals surface area contributed by atoms with Crippen LogP contribution < -0.4 is 0 Å². The summed E-state index contributed by atoms with van der Waals surface area (Å²) in [6.45, 7) is 1.44. The zero-order valence-electron chi connectivity index (χ0n) is 9.61. The van der Waals surface area contributed by atoms with Gasteiger partial charge in [-0.15, -0.1) is 10.2 Å². The molecule has 2 aromatic heterocycles. The molecule has 0 spiro atoms. The van der Waals surface area contributed by atoms with Crippen molar-refractivity contribution in [3.63, 3.8) is 0 Å². The summed E-state index contributed by atoms with van der Waals surface area (Å²) in [7, 11) is 1.69. The van der Waals surface area contributed by atoms with E-state index in [1.54, 1.807) is 31.4 Å². The molecule has 5 nitrogen and oxygen atoms in total. The van der Waals surface area contributed by atoms with Gasteiger partial charge in [-0.05, 0) is 11.6 Å². The number of methoxy groups -OCH3 is 1. The van der Waals surface area contributed by atoms with E-state index in [9.17, 15) is 0 Å². The number of nitrogens with zero attached hydrogens (tertiary/aromatic N) is 4. The Balaban J connectivity index is 1.92. The number of hydrogen-bond acceptors (Lipinski definition) is 5. The molecule has 2 heterocycles. The maximum Gasteiger partial charge on any atom is 0.191 e. The Morgan fingerprint density at radius 1 is 1.47 bits per heavy atom. The second-order valence-corrected chi connectivity index (χ2v) is 4.39. The van der Waals surface area contributed by atoms with Gasteiger partial charge in [-0.3, -0.25) is 4.98 Å². The van der Waals surface area contributed by atoms with Gasteiger partial charge in [0, 0.05) is 31.8 Å². The first kappa shape index (κ1) is 12.1. The normalized spacial score (nSPS) is 10.6. The number of pyridine rings is 1. The summed E-state index contributed by atoms with van der Waals surface area (Å²) in [5.74, 6) is 0.847. The Morgan fingerprint density at radius 2 is 2.41 bits per heavy atom. The average Bonchev–Trinajstić information content (AvgIpc) is 2.82. The Morgan fingerprint density at radius 3 is 3.18 bits per heavy atom. The van der Waals surface area contributed by atoms with Crippen LogP contribution in [0.3, 0.4) is 0 Å². The SMILES string of the molecule is COCCn1cnnc1SCc1cccnc1. The van der Waals surface area contributed by atoms with Gasteiger partial charge in [0.1, 0.15) is 6.33 Å². The fourth-order valence-electron chi connectivity index (χ4n) is 1.33. The number of ether oxygens (including phenoxy) is 1. The molecule has 0 saturated heterocycles. The van der Waals surface area contributed by atoms with Crippen LogP contribution in [0.2, 0.25) is 0 Å². The largest absolute Gasteiger partial charge is 0.383 e. The molecule has 0 amide bonds. The van der Waals surface area contributed by atoms with Crippen molar-refractivity contribution in [2.45, 2.75) is 17.5 Å². The molecule has 0 unspecified atom stereocenters. The highest BCUT2D eigenvalue weighted by molar-refractivity contribution is 7.98. The van der Waals surface area contributed by atoms with Crippen molar-refractivity contribution >= 4 is 11.8 Å². The Hall–Kier alpha value is -1.40. The van der Waals surface area contributed by atoms with Crippen LogP contribution in [0.1, 0.15) is 5.56 Å². The van der Waals surface area contributed by atoms with Crippen molar-refractivity contribution in [1.82, 2.24) is 19.7 Å². The minimum Gasteiger partial charge on any atom is -0.383 e. The smallest absolute Gasteiger partial charge is 0.191 e. The molecule has 0 fully saturated rings. The molecule has 0 saturated carbocycles. The van der Waals surface area contributed by atoms with Crippen LogP contribution in [0.15, 0.2) is 36.0 Å². The van der Waals surface area contributed by atoms with E-state index in [4.69, 9.17) is 4.74 Å². The van der Waals surface area contributed by atoms with Crippen molar-refractivity contribution in [3.05, 3.63) is 36.4 Å². The lowest BCUT2D eigenvalue weighted by Gasteiger charge is -2.04. The average molecular weight is 250 g/mol. The highest BCUT2D eigenvalue weighted by Gasteiger charge is 2.04. The third kappa shape index (κ3) is 3.54. The Bertz CT molecular complexity index is 446. The fourth-order valence-corrected chi connectivity index (χ4v) is 2.21. The first-order valence-corrected chi connectivity index (χ1v) is 6.27.